The Morgan fingerprint density at radius 1 is 1.14 bits per heavy atom. The first-order valence-electron chi connectivity index (χ1n) is 12.5. The fraction of sp³-hybridized carbons (Fsp3) is 0.433. The van der Waals surface area contributed by atoms with Gasteiger partial charge in [0.1, 0.15) is 0 Å². The summed E-state index contributed by atoms with van der Waals surface area (Å²) >= 11 is 6.55. The van der Waals surface area contributed by atoms with Crippen molar-refractivity contribution in [2.24, 2.45) is 4.99 Å². The van der Waals surface area contributed by atoms with Gasteiger partial charge in [0.05, 0.1) is 18.4 Å². The van der Waals surface area contributed by atoms with Crippen molar-refractivity contribution in [3.63, 3.8) is 0 Å². The van der Waals surface area contributed by atoms with E-state index >= 15 is 0 Å². The quantitative estimate of drug-likeness (QED) is 0.304. The van der Waals surface area contributed by atoms with Gasteiger partial charge in [0, 0.05) is 18.7 Å². The van der Waals surface area contributed by atoms with Gasteiger partial charge in [-0.3, -0.25) is 4.99 Å². The summed E-state index contributed by atoms with van der Waals surface area (Å²) in [6.45, 7) is 1.89. The normalized spacial score (nSPS) is 19.3. The van der Waals surface area contributed by atoms with Crippen molar-refractivity contribution >= 4 is 23.5 Å². The fourth-order valence-corrected chi connectivity index (χ4v) is 4.62. The number of rotatable bonds is 10. The SMILES string of the molecule is C#C.C1=CC2N=CNC2C=C1.CNCCCCc1ccc(C2=C(CCCOC)CCC=C2)cc1Cl. The zero-order valence-electron chi connectivity index (χ0n) is 21.2. The molecule has 4 nitrogen and oxygen atoms in total. The van der Waals surface area contributed by atoms with Crippen LogP contribution in [0.1, 0.15) is 49.7 Å². The van der Waals surface area contributed by atoms with Crippen LogP contribution in [0, 0.1) is 12.8 Å². The maximum atomic E-state index is 6.55. The number of terminal acetylenes is 1. The summed E-state index contributed by atoms with van der Waals surface area (Å²) in [7, 11) is 3.77. The summed E-state index contributed by atoms with van der Waals surface area (Å²) in [5.74, 6) is 0. The molecule has 0 aromatic heterocycles. The predicted octanol–water partition coefficient (Wildman–Crippen LogP) is 6.14. The molecule has 1 heterocycles. The van der Waals surface area contributed by atoms with Gasteiger partial charge >= 0.3 is 0 Å². The van der Waals surface area contributed by atoms with Crippen LogP contribution in [0.2, 0.25) is 5.02 Å². The van der Waals surface area contributed by atoms with E-state index in [0.29, 0.717) is 12.1 Å². The van der Waals surface area contributed by atoms with Crippen LogP contribution in [0.4, 0.5) is 0 Å². The fourth-order valence-electron chi connectivity index (χ4n) is 4.34. The lowest BCUT2D eigenvalue weighted by atomic mass is 9.89. The molecule has 4 rings (SSSR count). The molecule has 3 aliphatic rings. The smallest absolute Gasteiger partial charge is 0.0937 e. The van der Waals surface area contributed by atoms with Crippen LogP contribution in [0.25, 0.3) is 5.57 Å². The first-order chi connectivity index (χ1) is 17.2. The summed E-state index contributed by atoms with van der Waals surface area (Å²) in [6, 6.07) is 7.38. The molecule has 1 aliphatic heterocycles. The summed E-state index contributed by atoms with van der Waals surface area (Å²) in [5.41, 5.74) is 5.41. The number of unbranched alkanes of at least 4 members (excludes halogenated alkanes) is 1. The second-order valence-electron chi connectivity index (χ2n) is 8.65. The predicted molar refractivity (Wildman–Crippen MR) is 152 cm³/mol. The van der Waals surface area contributed by atoms with Crippen molar-refractivity contribution in [1.82, 2.24) is 10.6 Å². The summed E-state index contributed by atoms with van der Waals surface area (Å²) in [5, 5.41) is 7.22. The van der Waals surface area contributed by atoms with Crippen molar-refractivity contribution in [3.05, 3.63) is 76.4 Å². The van der Waals surface area contributed by atoms with Gasteiger partial charge in [-0.15, -0.1) is 12.8 Å². The van der Waals surface area contributed by atoms with Gasteiger partial charge in [-0.05, 0) is 81.3 Å². The minimum absolute atomic E-state index is 0.356. The van der Waals surface area contributed by atoms with Crippen molar-refractivity contribution in [2.45, 2.75) is 57.0 Å². The maximum absolute atomic E-state index is 6.55. The van der Waals surface area contributed by atoms with E-state index in [-0.39, 0.29) is 0 Å². The second kappa shape index (κ2) is 16.9. The average molecular weight is 494 g/mol. The monoisotopic (exact) mass is 493 g/mol. The van der Waals surface area contributed by atoms with Crippen LogP contribution in [0.15, 0.2) is 65.2 Å². The number of hydrogen-bond acceptors (Lipinski definition) is 4. The molecule has 1 aromatic carbocycles. The summed E-state index contributed by atoms with van der Waals surface area (Å²) in [6.07, 6.45) is 30.5. The number of aliphatic imine (C=N–C) groups is 1. The minimum atomic E-state index is 0.356. The molecule has 0 spiro atoms. The number of fused-ring (bicyclic) bond motifs is 1. The van der Waals surface area contributed by atoms with Crippen LogP contribution < -0.4 is 10.6 Å². The molecule has 0 saturated heterocycles. The molecule has 188 valence electrons. The van der Waals surface area contributed by atoms with Crippen molar-refractivity contribution in [2.75, 3.05) is 27.3 Å². The molecule has 0 radical (unpaired) electrons. The molecule has 2 atom stereocenters. The van der Waals surface area contributed by atoms with Gasteiger partial charge in [-0.2, -0.15) is 0 Å². The number of allylic oxidation sites excluding steroid dienone is 6. The van der Waals surface area contributed by atoms with E-state index in [2.05, 4.69) is 71.0 Å². The molecule has 1 aromatic rings. The summed E-state index contributed by atoms with van der Waals surface area (Å²) in [4.78, 5) is 4.18. The highest BCUT2D eigenvalue weighted by atomic mass is 35.5. The van der Waals surface area contributed by atoms with Gasteiger partial charge in [0.25, 0.3) is 0 Å². The van der Waals surface area contributed by atoms with E-state index in [9.17, 15) is 0 Å². The molecule has 35 heavy (non-hydrogen) atoms. The second-order valence-corrected chi connectivity index (χ2v) is 9.06. The van der Waals surface area contributed by atoms with E-state index in [0.717, 1.165) is 50.3 Å². The average Bonchev–Trinajstić information content (AvgIpc) is 3.38. The third-order valence-corrected chi connectivity index (χ3v) is 6.56. The zero-order valence-corrected chi connectivity index (χ0v) is 21.9. The Balaban J connectivity index is 0.000000323. The van der Waals surface area contributed by atoms with Crippen LogP contribution in [-0.2, 0) is 11.2 Å². The lowest BCUT2D eigenvalue weighted by Gasteiger charge is -2.17. The molecule has 2 N–H and O–H groups in total. The third kappa shape index (κ3) is 9.53. The highest BCUT2D eigenvalue weighted by Gasteiger charge is 2.19. The Kier molecular flexibility index (Phi) is 13.9. The third-order valence-electron chi connectivity index (χ3n) is 6.21. The molecule has 0 amide bonds. The van der Waals surface area contributed by atoms with Crippen LogP contribution in [0.3, 0.4) is 0 Å². The van der Waals surface area contributed by atoms with Crippen LogP contribution >= 0.6 is 11.6 Å². The molecule has 2 unspecified atom stereocenters. The Hall–Kier alpha value is -2.58. The first kappa shape index (κ1) is 28.7. The Bertz CT molecular complexity index is 942. The van der Waals surface area contributed by atoms with E-state index in [4.69, 9.17) is 16.3 Å². The summed E-state index contributed by atoms with van der Waals surface area (Å²) < 4.78 is 5.20. The van der Waals surface area contributed by atoms with E-state index in [1.165, 1.54) is 35.1 Å². The lowest BCUT2D eigenvalue weighted by Crippen LogP contribution is -2.29. The molecule has 5 heteroatoms. The topological polar surface area (TPSA) is 45.7 Å². The molecule has 2 aliphatic carbocycles. The van der Waals surface area contributed by atoms with Crippen molar-refractivity contribution in [1.29, 1.82) is 0 Å². The Morgan fingerprint density at radius 3 is 2.71 bits per heavy atom. The number of aryl methyl sites for hydroxylation is 1. The Morgan fingerprint density at radius 2 is 1.97 bits per heavy atom. The highest BCUT2D eigenvalue weighted by molar-refractivity contribution is 6.31. The van der Waals surface area contributed by atoms with Gasteiger partial charge < -0.3 is 15.4 Å². The molecular formula is C30H40ClN3O. The standard InChI is InChI=1S/C21H30ClNO.C7H8N2.C2H2/c1-23-14-6-5-9-18-12-13-19(16-21(18)22)20-11-4-3-8-17(20)10-7-15-24-2;1-2-4-7-6(3-1)8-5-9-7;1-2/h4,11-13,16,23H,3,5-10,14-15H2,1-2H3;1-7H,(H,8,9);1-2H. The maximum Gasteiger partial charge on any atom is 0.0937 e. The number of nitrogens with zero attached hydrogens (tertiary/aromatic N) is 1. The van der Waals surface area contributed by atoms with E-state index in [1.54, 1.807) is 13.4 Å². The molecule has 0 bridgehead atoms. The number of hydrogen-bond donors (Lipinski definition) is 2. The van der Waals surface area contributed by atoms with Crippen LogP contribution in [-0.4, -0.2) is 45.7 Å². The van der Waals surface area contributed by atoms with Gasteiger partial charge in [-0.25, -0.2) is 0 Å². The number of benzene rings is 1. The van der Waals surface area contributed by atoms with Crippen LogP contribution in [0.5, 0.6) is 0 Å². The first-order valence-corrected chi connectivity index (χ1v) is 12.9. The van der Waals surface area contributed by atoms with Gasteiger partial charge in [0.2, 0.25) is 0 Å². The van der Waals surface area contributed by atoms with Gasteiger partial charge in [-0.1, -0.05) is 65.8 Å². The number of nitrogens with one attached hydrogen (secondary N) is 2. The zero-order chi connectivity index (χ0) is 25.3. The lowest BCUT2D eigenvalue weighted by molar-refractivity contribution is 0.195. The number of ether oxygens (including phenoxy) is 1. The molecule has 0 fully saturated rings. The van der Waals surface area contributed by atoms with E-state index < -0.39 is 0 Å². The largest absolute Gasteiger partial charge is 0.385 e. The Labute approximate surface area is 217 Å². The number of methoxy groups -OCH3 is 1. The van der Waals surface area contributed by atoms with Crippen molar-refractivity contribution in [3.8, 4) is 12.8 Å². The minimum Gasteiger partial charge on any atom is -0.385 e. The van der Waals surface area contributed by atoms with Crippen molar-refractivity contribution < 1.29 is 4.74 Å². The number of halogens is 1. The molecular weight excluding hydrogens is 454 g/mol. The van der Waals surface area contributed by atoms with Gasteiger partial charge in [0.15, 0.2) is 0 Å². The van der Waals surface area contributed by atoms with E-state index in [1.807, 2.05) is 19.2 Å². The highest BCUT2D eigenvalue weighted by Crippen LogP contribution is 2.32. The molecule has 0 saturated carbocycles.